The maximum atomic E-state index is 11.4. The molecule has 0 unspecified atom stereocenters. The molecule has 3 saturated carbocycles. The van der Waals surface area contributed by atoms with Crippen molar-refractivity contribution in [3.8, 4) is 16.9 Å². The summed E-state index contributed by atoms with van der Waals surface area (Å²) < 4.78 is 5.99. The van der Waals surface area contributed by atoms with E-state index in [-0.39, 0.29) is 0 Å². The lowest BCUT2D eigenvalue weighted by atomic mass is 9.43. The van der Waals surface area contributed by atoms with Crippen LogP contribution in [0, 0.1) is 29.1 Å². The van der Waals surface area contributed by atoms with Crippen molar-refractivity contribution in [3.05, 3.63) is 54.1 Å². The normalized spacial score (nSPS) is 27.1. The van der Waals surface area contributed by atoms with Gasteiger partial charge in [-0.05, 0) is 90.2 Å². The smallest absolute Gasteiger partial charge is 0.248 e. The van der Waals surface area contributed by atoms with Gasteiger partial charge in [-0.25, -0.2) is 0 Å². The Kier molecular flexibility index (Phi) is 5.42. The molecule has 3 heteroatoms. The molecular weight excluding hydrogens is 358 g/mol. The van der Waals surface area contributed by atoms with Gasteiger partial charge < -0.3 is 10.5 Å². The van der Waals surface area contributed by atoms with Gasteiger partial charge in [0, 0.05) is 5.56 Å². The second-order valence-electron chi connectivity index (χ2n) is 9.68. The Bertz CT molecular complexity index is 871. The van der Waals surface area contributed by atoms with Gasteiger partial charge in [0.05, 0.1) is 6.61 Å². The standard InChI is InChI=1S/C26H33NO2/c1-17-19(15-22-16-24(17)26(22,2)3)8-5-13-29-23-11-9-18(10-12-23)20-6-4-7-21(14-20)25(27)28/h4,6-7,9-12,14,17,19,22,24H,5,8,13,15-16H2,1-3H3,(H2,27,28)/t17-,19+,22+,24+/m0/s1. The number of primary amides is 1. The molecule has 2 N–H and O–H groups in total. The van der Waals surface area contributed by atoms with E-state index >= 15 is 0 Å². The van der Waals surface area contributed by atoms with E-state index in [1.807, 2.05) is 42.5 Å². The SMILES string of the molecule is C[C@H]1[C@H](CCCOc2ccc(-c3cccc(C(N)=O)c3)cc2)C[C@@H]2C[C@H]1C2(C)C. The van der Waals surface area contributed by atoms with Crippen LogP contribution in [-0.4, -0.2) is 12.5 Å². The predicted octanol–water partition coefficient (Wildman–Crippen LogP) is 5.93. The molecule has 0 radical (unpaired) electrons. The Morgan fingerprint density at radius 3 is 2.52 bits per heavy atom. The number of hydrogen-bond acceptors (Lipinski definition) is 2. The van der Waals surface area contributed by atoms with Gasteiger partial charge in [0.25, 0.3) is 0 Å². The van der Waals surface area contributed by atoms with Gasteiger partial charge in [-0.15, -0.1) is 0 Å². The molecule has 5 rings (SSSR count). The van der Waals surface area contributed by atoms with Crippen LogP contribution in [0.25, 0.3) is 11.1 Å². The van der Waals surface area contributed by atoms with Crippen LogP contribution in [0.3, 0.4) is 0 Å². The average molecular weight is 392 g/mol. The van der Waals surface area contributed by atoms with E-state index in [2.05, 4.69) is 20.8 Å². The Morgan fingerprint density at radius 1 is 1.10 bits per heavy atom. The van der Waals surface area contributed by atoms with Crippen LogP contribution in [0.1, 0.15) is 56.8 Å². The number of ether oxygens (including phenoxy) is 1. The Balaban J connectivity index is 1.26. The zero-order valence-corrected chi connectivity index (χ0v) is 17.9. The number of rotatable bonds is 7. The summed E-state index contributed by atoms with van der Waals surface area (Å²) in [5, 5.41) is 0. The van der Waals surface area contributed by atoms with Crippen LogP contribution < -0.4 is 10.5 Å². The minimum absolute atomic E-state index is 0.403. The third-order valence-electron chi connectivity index (χ3n) is 7.83. The van der Waals surface area contributed by atoms with E-state index in [4.69, 9.17) is 10.5 Å². The minimum atomic E-state index is -0.403. The van der Waals surface area contributed by atoms with Crippen molar-refractivity contribution in [2.75, 3.05) is 6.61 Å². The topological polar surface area (TPSA) is 52.3 Å². The van der Waals surface area contributed by atoms with Gasteiger partial charge in [0.15, 0.2) is 0 Å². The summed E-state index contributed by atoms with van der Waals surface area (Å²) >= 11 is 0. The fourth-order valence-corrected chi connectivity index (χ4v) is 5.77. The summed E-state index contributed by atoms with van der Waals surface area (Å²) in [6.45, 7) is 8.18. The molecule has 3 nitrogen and oxygen atoms in total. The van der Waals surface area contributed by atoms with E-state index in [9.17, 15) is 4.79 Å². The molecule has 3 aliphatic carbocycles. The van der Waals surface area contributed by atoms with E-state index in [1.165, 1.54) is 19.3 Å². The molecule has 0 aliphatic heterocycles. The molecule has 29 heavy (non-hydrogen) atoms. The first-order valence-corrected chi connectivity index (χ1v) is 11.0. The van der Waals surface area contributed by atoms with Crippen molar-refractivity contribution < 1.29 is 9.53 Å². The summed E-state index contributed by atoms with van der Waals surface area (Å²) in [5.41, 5.74) is 8.52. The molecule has 0 saturated heterocycles. The van der Waals surface area contributed by atoms with E-state index in [0.717, 1.165) is 53.6 Å². The molecule has 2 bridgehead atoms. The number of nitrogens with two attached hydrogens (primary N) is 1. The monoisotopic (exact) mass is 391 g/mol. The first kappa shape index (κ1) is 20.0. The Labute approximate surface area is 174 Å². The lowest BCUT2D eigenvalue weighted by molar-refractivity contribution is -0.130. The van der Waals surface area contributed by atoms with Crippen molar-refractivity contribution in [1.82, 2.24) is 0 Å². The van der Waals surface area contributed by atoms with Crippen molar-refractivity contribution in [3.63, 3.8) is 0 Å². The Morgan fingerprint density at radius 2 is 1.86 bits per heavy atom. The van der Waals surface area contributed by atoms with Crippen molar-refractivity contribution in [2.24, 2.45) is 34.8 Å². The van der Waals surface area contributed by atoms with Crippen LogP contribution in [0.4, 0.5) is 0 Å². The van der Waals surface area contributed by atoms with Gasteiger partial charge in [-0.3, -0.25) is 4.79 Å². The highest BCUT2D eigenvalue weighted by Crippen LogP contribution is 2.63. The number of benzene rings is 2. The lowest BCUT2D eigenvalue weighted by Gasteiger charge is -2.62. The minimum Gasteiger partial charge on any atom is -0.494 e. The molecule has 0 heterocycles. The highest BCUT2D eigenvalue weighted by molar-refractivity contribution is 5.94. The molecule has 1 amide bonds. The van der Waals surface area contributed by atoms with Crippen LogP contribution in [0.5, 0.6) is 5.75 Å². The van der Waals surface area contributed by atoms with Crippen LogP contribution in [0.15, 0.2) is 48.5 Å². The maximum Gasteiger partial charge on any atom is 0.248 e. The molecule has 0 spiro atoms. The fraction of sp³-hybridized carbons (Fsp3) is 0.500. The van der Waals surface area contributed by atoms with Crippen molar-refractivity contribution in [1.29, 1.82) is 0 Å². The molecule has 0 aromatic heterocycles. The van der Waals surface area contributed by atoms with Crippen LogP contribution >= 0.6 is 0 Å². The first-order valence-electron chi connectivity index (χ1n) is 11.0. The number of carbonyl (C=O) groups is 1. The summed E-state index contributed by atoms with van der Waals surface area (Å²) in [7, 11) is 0. The number of carbonyl (C=O) groups excluding carboxylic acids is 1. The number of fused-ring (bicyclic) bond motifs is 2. The zero-order chi connectivity index (χ0) is 20.6. The lowest BCUT2D eigenvalue weighted by Crippen LogP contribution is -2.54. The van der Waals surface area contributed by atoms with Crippen LogP contribution in [-0.2, 0) is 0 Å². The second kappa shape index (κ2) is 7.85. The summed E-state index contributed by atoms with van der Waals surface area (Å²) in [5.74, 6) is 4.09. The van der Waals surface area contributed by atoms with E-state index in [0.29, 0.717) is 11.0 Å². The largest absolute Gasteiger partial charge is 0.494 e. The summed E-state index contributed by atoms with van der Waals surface area (Å²) in [6.07, 6.45) is 5.26. The zero-order valence-electron chi connectivity index (χ0n) is 17.9. The quantitative estimate of drug-likeness (QED) is 0.595. The van der Waals surface area contributed by atoms with Gasteiger partial charge in [0.1, 0.15) is 5.75 Å². The maximum absolute atomic E-state index is 11.4. The molecule has 3 fully saturated rings. The average Bonchev–Trinajstić information content (AvgIpc) is 2.72. The van der Waals surface area contributed by atoms with Gasteiger partial charge in [0.2, 0.25) is 5.91 Å². The molecule has 3 aliphatic rings. The predicted molar refractivity (Wildman–Crippen MR) is 118 cm³/mol. The molecule has 154 valence electrons. The summed E-state index contributed by atoms with van der Waals surface area (Å²) in [6, 6.07) is 15.5. The summed E-state index contributed by atoms with van der Waals surface area (Å²) in [4.78, 5) is 11.4. The van der Waals surface area contributed by atoms with Crippen molar-refractivity contribution in [2.45, 2.75) is 46.5 Å². The second-order valence-corrected chi connectivity index (χ2v) is 9.68. The first-order chi connectivity index (χ1) is 13.9. The molecular formula is C26H33NO2. The van der Waals surface area contributed by atoms with Crippen molar-refractivity contribution >= 4 is 5.91 Å². The van der Waals surface area contributed by atoms with E-state index < -0.39 is 5.91 Å². The van der Waals surface area contributed by atoms with Gasteiger partial charge in [-0.1, -0.05) is 45.0 Å². The number of hydrogen-bond donors (Lipinski definition) is 1. The van der Waals surface area contributed by atoms with Gasteiger partial charge >= 0.3 is 0 Å². The Hall–Kier alpha value is -2.29. The van der Waals surface area contributed by atoms with Gasteiger partial charge in [-0.2, -0.15) is 0 Å². The highest BCUT2D eigenvalue weighted by atomic mass is 16.5. The molecule has 2 aromatic carbocycles. The highest BCUT2D eigenvalue weighted by Gasteiger charge is 2.55. The third kappa shape index (κ3) is 3.92. The molecule has 2 aromatic rings. The third-order valence-corrected chi connectivity index (χ3v) is 7.83. The fourth-order valence-electron chi connectivity index (χ4n) is 5.77. The molecule has 4 atom stereocenters. The number of amides is 1. The van der Waals surface area contributed by atoms with Crippen LogP contribution in [0.2, 0.25) is 0 Å². The van der Waals surface area contributed by atoms with E-state index in [1.54, 1.807) is 6.07 Å².